The Morgan fingerprint density at radius 2 is 1.68 bits per heavy atom. The molecule has 0 spiro atoms. The summed E-state index contributed by atoms with van der Waals surface area (Å²) >= 11 is 5.59. The van der Waals surface area contributed by atoms with Crippen molar-refractivity contribution in [1.29, 1.82) is 0 Å². The second-order valence-electron chi connectivity index (χ2n) is 8.13. The van der Waals surface area contributed by atoms with Gasteiger partial charge in [-0.15, -0.1) is 0 Å². The number of phenolic OH excluding ortho intramolecular Hbond substituents is 1. The molecule has 0 aliphatic rings. The summed E-state index contributed by atoms with van der Waals surface area (Å²) < 4.78 is 0. The maximum absolute atomic E-state index is 11.3. The van der Waals surface area contributed by atoms with Crippen molar-refractivity contribution in [1.82, 2.24) is 0 Å². The number of carbonyl (C=O) groups excluding carboxylic acids is 1. The highest BCUT2D eigenvalue weighted by Gasteiger charge is 2.27. The van der Waals surface area contributed by atoms with Gasteiger partial charge in [0.25, 0.3) is 0 Å². The van der Waals surface area contributed by atoms with Gasteiger partial charge in [-0.1, -0.05) is 60.6 Å². The van der Waals surface area contributed by atoms with Crippen LogP contribution < -0.4 is 0 Å². The summed E-state index contributed by atoms with van der Waals surface area (Å²) in [5, 5.41) is 10.4. The zero-order valence-corrected chi connectivity index (χ0v) is 15.6. The first-order chi connectivity index (χ1) is 9.87. The fourth-order valence-electron chi connectivity index (χ4n) is 2.64. The summed E-state index contributed by atoms with van der Waals surface area (Å²) in [5.41, 5.74) is 2.75. The van der Waals surface area contributed by atoms with Gasteiger partial charge in [-0.2, -0.15) is 0 Å². The van der Waals surface area contributed by atoms with Crippen molar-refractivity contribution in [3.8, 4) is 5.75 Å². The van der Waals surface area contributed by atoms with Crippen molar-refractivity contribution in [3.63, 3.8) is 0 Å². The molecule has 3 heteroatoms. The maximum Gasteiger partial charge on any atom is 0.222 e. The molecule has 1 unspecified atom stereocenters. The van der Waals surface area contributed by atoms with Crippen LogP contribution in [0.5, 0.6) is 5.75 Å². The Morgan fingerprint density at radius 3 is 2.05 bits per heavy atom. The Labute approximate surface area is 139 Å². The molecule has 0 aromatic heterocycles. The van der Waals surface area contributed by atoms with Crippen molar-refractivity contribution in [2.24, 2.45) is 0 Å². The lowest BCUT2D eigenvalue weighted by atomic mass is 9.76. The molecule has 22 heavy (non-hydrogen) atoms. The summed E-state index contributed by atoms with van der Waals surface area (Å²) in [7, 11) is 0. The number of carbonyl (C=O) groups is 1. The van der Waals surface area contributed by atoms with Crippen LogP contribution in [0.15, 0.2) is 12.1 Å². The molecular formula is C19H29ClO2. The molecule has 2 nitrogen and oxygen atoms in total. The first-order valence-electron chi connectivity index (χ1n) is 7.94. The first kappa shape index (κ1) is 19.0. The topological polar surface area (TPSA) is 37.3 Å². The smallest absolute Gasteiger partial charge is 0.222 e. The summed E-state index contributed by atoms with van der Waals surface area (Å²) in [6.45, 7) is 14.8. The van der Waals surface area contributed by atoms with E-state index < -0.39 is 0 Å². The van der Waals surface area contributed by atoms with Crippen molar-refractivity contribution >= 4 is 16.8 Å². The van der Waals surface area contributed by atoms with Crippen molar-refractivity contribution in [2.75, 3.05) is 0 Å². The Kier molecular flexibility index (Phi) is 5.72. The van der Waals surface area contributed by atoms with Crippen molar-refractivity contribution in [2.45, 2.75) is 78.1 Å². The van der Waals surface area contributed by atoms with Crippen LogP contribution >= 0.6 is 11.6 Å². The van der Waals surface area contributed by atoms with E-state index in [0.717, 1.165) is 17.5 Å². The van der Waals surface area contributed by atoms with E-state index in [4.69, 9.17) is 11.6 Å². The van der Waals surface area contributed by atoms with Crippen molar-refractivity contribution in [3.05, 3.63) is 28.8 Å². The van der Waals surface area contributed by atoms with Crippen LogP contribution in [0.25, 0.3) is 0 Å². The lowest BCUT2D eigenvalue weighted by Crippen LogP contribution is -2.18. The number of benzene rings is 1. The van der Waals surface area contributed by atoms with Crippen LogP contribution in [-0.4, -0.2) is 10.3 Å². The van der Waals surface area contributed by atoms with Crippen LogP contribution in [0.1, 0.15) is 83.9 Å². The van der Waals surface area contributed by atoms with Crippen LogP contribution in [-0.2, 0) is 15.6 Å². The molecule has 124 valence electrons. The minimum Gasteiger partial charge on any atom is -0.507 e. The highest BCUT2D eigenvalue weighted by atomic mass is 35.5. The molecule has 1 atom stereocenters. The molecule has 0 aliphatic heterocycles. The van der Waals surface area contributed by atoms with E-state index in [1.165, 1.54) is 5.56 Å². The van der Waals surface area contributed by atoms with Gasteiger partial charge in [0.15, 0.2) is 0 Å². The SMILES string of the molecule is CCC(CC(=O)Cl)c1cc(C(C)(C)C)cc(C(C)(C)C)c1O. The standard InChI is InChI=1S/C19H29ClO2/c1-8-12(9-16(20)21)14-10-13(18(2,3)4)11-15(17(14)22)19(5,6)7/h10-12,22H,8-9H2,1-7H3. The molecular weight excluding hydrogens is 296 g/mol. The Balaban J connectivity index is 3.58. The average Bonchev–Trinajstić information content (AvgIpc) is 2.33. The number of hydrogen-bond acceptors (Lipinski definition) is 2. The average molecular weight is 325 g/mol. The van der Waals surface area contributed by atoms with Crippen molar-refractivity contribution < 1.29 is 9.90 Å². The maximum atomic E-state index is 11.3. The normalized spacial score (nSPS) is 14.0. The number of rotatable bonds is 4. The van der Waals surface area contributed by atoms with E-state index in [1.54, 1.807) is 0 Å². The minimum absolute atomic E-state index is 0.0221. The van der Waals surface area contributed by atoms with E-state index in [2.05, 4.69) is 47.6 Å². The molecule has 1 N–H and O–H groups in total. The van der Waals surface area contributed by atoms with Crippen LogP contribution in [0.2, 0.25) is 0 Å². The van der Waals surface area contributed by atoms with Crippen LogP contribution in [0.3, 0.4) is 0 Å². The molecule has 0 saturated heterocycles. The molecule has 0 amide bonds. The van der Waals surface area contributed by atoms with Gasteiger partial charge in [0, 0.05) is 6.42 Å². The van der Waals surface area contributed by atoms with E-state index >= 15 is 0 Å². The minimum atomic E-state index is -0.357. The van der Waals surface area contributed by atoms with Gasteiger partial charge < -0.3 is 5.11 Å². The predicted octanol–water partition coefficient (Wildman–Crippen LogP) is 5.64. The fourth-order valence-corrected chi connectivity index (χ4v) is 2.83. The number of phenols is 1. The van der Waals surface area contributed by atoms with E-state index in [1.807, 2.05) is 13.0 Å². The second kappa shape index (κ2) is 6.62. The fraction of sp³-hybridized carbons (Fsp3) is 0.632. The quantitative estimate of drug-likeness (QED) is 0.728. The molecule has 1 aromatic carbocycles. The largest absolute Gasteiger partial charge is 0.507 e. The van der Waals surface area contributed by atoms with Gasteiger partial charge in [-0.05, 0) is 51.5 Å². The summed E-state index contributed by atoms with van der Waals surface area (Å²) in [4.78, 5) is 11.3. The highest BCUT2D eigenvalue weighted by Crippen LogP contribution is 2.42. The molecule has 0 aliphatic carbocycles. The van der Waals surface area contributed by atoms with Gasteiger partial charge in [-0.3, -0.25) is 4.79 Å². The predicted molar refractivity (Wildman–Crippen MR) is 94.0 cm³/mol. The Bertz CT molecular complexity index is 548. The Hall–Kier alpha value is -1.02. The molecule has 0 heterocycles. The second-order valence-corrected chi connectivity index (χ2v) is 8.55. The summed E-state index contributed by atoms with van der Waals surface area (Å²) in [6, 6.07) is 4.13. The molecule has 1 aromatic rings. The third-order valence-corrected chi connectivity index (χ3v) is 4.31. The Morgan fingerprint density at radius 1 is 1.14 bits per heavy atom. The third-order valence-electron chi connectivity index (χ3n) is 4.15. The molecule has 0 radical (unpaired) electrons. The van der Waals surface area contributed by atoms with E-state index in [9.17, 15) is 9.90 Å². The molecule has 0 saturated carbocycles. The molecule has 0 fully saturated rings. The van der Waals surface area contributed by atoms with Gasteiger partial charge in [0.1, 0.15) is 5.75 Å². The monoisotopic (exact) mass is 324 g/mol. The molecule has 0 bridgehead atoms. The summed E-state index contributed by atoms with van der Waals surface area (Å²) in [5.74, 6) is 0.263. The zero-order chi connectivity index (χ0) is 17.3. The van der Waals surface area contributed by atoms with Gasteiger partial charge in [0.2, 0.25) is 5.24 Å². The lowest BCUT2D eigenvalue weighted by Gasteiger charge is -2.29. The van der Waals surface area contributed by atoms with E-state index in [-0.39, 0.29) is 28.4 Å². The van der Waals surface area contributed by atoms with Crippen LogP contribution in [0.4, 0.5) is 0 Å². The van der Waals surface area contributed by atoms with E-state index in [0.29, 0.717) is 5.75 Å². The highest BCUT2D eigenvalue weighted by molar-refractivity contribution is 6.63. The first-order valence-corrected chi connectivity index (χ1v) is 8.32. The third kappa shape index (κ3) is 4.49. The van der Waals surface area contributed by atoms with Gasteiger partial charge in [-0.25, -0.2) is 0 Å². The molecule has 1 rings (SSSR count). The number of hydrogen-bond donors (Lipinski definition) is 1. The van der Waals surface area contributed by atoms with Gasteiger partial charge >= 0.3 is 0 Å². The zero-order valence-electron chi connectivity index (χ0n) is 14.9. The van der Waals surface area contributed by atoms with Gasteiger partial charge in [0.05, 0.1) is 0 Å². The van der Waals surface area contributed by atoms with Crippen LogP contribution in [0, 0.1) is 0 Å². The summed E-state index contributed by atoms with van der Waals surface area (Å²) in [6.07, 6.45) is 1.02. The number of halogens is 1. The number of aromatic hydroxyl groups is 1. The lowest BCUT2D eigenvalue weighted by molar-refractivity contribution is -0.112.